The van der Waals surface area contributed by atoms with Gasteiger partial charge in [-0.25, -0.2) is 8.78 Å². The lowest BCUT2D eigenvalue weighted by Gasteiger charge is -2.11. The average Bonchev–Trinajstić information content (AvgIpc) is 2.47. The monoisotopic (exact) mass is 191 g/mol. The molecule has 0 aromatic carbocycles. The maximum absolute atomic E-state index is 11.8. The standard InChI is InChI=1S/C8H11F2NO2/c9-8(10)7(13)4-11-5-1-2-6(12)3-5/h3,7-8,11,13H,1-2,4H2. The summed E-state index contributed by atoms with van der Waals surface area (Å²) in [6, 6.07) is 0. The second-order valence-electron chi connectivity index (χ2n) is 2.92. The molecular formula is C8H11F2NO2. The van der Waals surface area contributed by atoms with Crippen LogP contribution < -0.4 is 5.32 Å². The molecule has 0 saturated carbocycles. The number of allylic oxidation sites excluding steroid dienone is 2. The van der Waals surface area contributed by atoms with Crippen LogP contribution in [0, 0.1) is 0 Å². The first-order valence-corrected chi connectivity index (χ1v) is 4.03. The molecule has 0 fully saturated rings. The van der Waals surface area contributed by atoms with Gasteiger partial charge in [0, 0.05) is 24.7 Å². The van der Waals surface area contributed by atoms with Crippen molar-refractivity contribution in [3.63, 3.8) is 0 Å². The molecule has 1 atom stereocenters. The molecule has 2 N–H and O–H groups in total. The van der Waals surface area contributed by atoms with Crippen LogP contribution in [0.1, 0.15) is 12.8 Å². The van der Waals surface area contributed by atoms with Crippen LogP contribution in [0.3, 0.4) is 0 Å². The van der Waals surface area contributed by atoms with E-state index in [-0.39, 0.29) is 12.3 Å². The van der Waals surface area contributed by atoms with Gasteiger partial charge in [-0.3, -0.25) is 4.79 Å². The minimum absolute atomic E-state index is 0.00552. The van der Waals surface area contributed by atoms with E-state index in [1.165, 1.54) is 6.08 Å². The van der Waals surface area contributed by atoms with Gasteiger partial charge in [0.15, 0.2) is 5.78 Å². The van der Waals surface area contributed by atoms with Crippen LogP contribution in [0.15, 0.2) is 11.8 Å². The number of aliphatic hydroxyl groups is 1. The van der Waals surface area contributed by atoms with Crippen molar-refractivity contribution < 1.29 is 18.7 Å². The van der Waals surface area contributed by atoms with Crippen LogP contribution in [0.25, 0.3) is 0 Å². The van der Waals surface area contributed by atoms with Gasteiger partial charge >= 0.3 is 0 Å². The first kappa shape index (κ1) is 10.1. The Balaban J connectivity index is 2.27. The van der Waals surface area contributed by atoms with Crippen LogP contribution in [-0.2, 0) is 4.79 Å². The normalized spacial score (nSPS) is 19.1. The topological polar surface area (TPSA) is 49.3 Å². The first-order chi connectivity index (χ1) is 6.09. The van der Waals surface area contributed by atoms with Crippen LogP contribution in [-0.4, -0.2) is 30.0 Å². The summed E-state index contributed by atoms with van der Waals surface area (Å²) >= 11 is 0. The highest BCUT2D eigenvalue weighted by molar-refractivity contribution is 5.92. The molecule has 1 aliphatic rings. The lowest BCUT2D eigenvalue weighted by molar-refractivity contribution is -0.114. The van der Waals surface area contributed by atoms with E-state index in [9.17, 15) is 13.6 Å². The fourth-order valence-electron chi connectivity index (χ4n) is 1.06. The van der Waals surface area contributed by atoms with E-state index < -0.39 is 12.5 Å². The molecule has 0 spiro atoms. The minimum atomic E-state index is -2.75. The lowest BCUT2D eigenvalue weighted by Crippen LogP contribution is -2.31. The average molecular weight is 191 g/mol. The number of ketones is 1. The van der Waals surface area contributed by atoms with Crippen molar-refractivity contribution in [2.75, 3.05) is 6.54 Å². The van der Waals surface area contributed by atoms with Gasteiger partial charge in [-0.15, -0.1) is 0 Å². The number of carbonyl (C=O) groups is 1. The predicted octanol–water partition coefficient (Wildman–Crippen LogP) is 0.449. The summed E-state index contributed by atoms with van der Waals surface area (Å²) in [7, 11) is 0. The smallest absolute Gasteiger partial charge is 0.265 e. The van der Waals surface area contributed by atoms with Gasteiger partial charge in [-0.05, 0) is 6.42 Å². The molecule has 0 amide bonds. The molecule has 0 bridgehead atoms. The van der Waals surface area contributed by atoms with E-state index in [0.29, 0.717) is 18.5 Å². The number of carbonyl (C=O) groups excluding carboxylic acids is 1. The summed E-state index contributed by atoms with van der Waals surface area (Å²) in [5.74, 6) is -0.00552. The second-order valence-corrected chi connectivity index (χ2v) is 2.92. The third kappa shape index (κ3) is 3.10. The van der Waals surface area contributed by atoms with Crippen molar-refractivity contribution in [1.29, 1.82) is 0 Å². The molecule has 74 valence electrons. The maximum atomic E-state index is 11.8. The van der Waals surface area contributed by atoms with E-state index in [0.717, 1.165) is 0 Å². The predicted molar refractivity (Wildman–Crippen MR) is 42.3 cm³/mol. The first-order valence-electron chi connectivity index (χ1n) is 4.03. The van der Waals surface area contributed by atoms with Crippen LogP contribution >= 0.6 is 0 Å². The Morgan fingerprint density at radius 2 is 2.23 bits per heavy atom. The molecule has 3 nitrogen and oxygen atoms in total. The third-order valence-corrected chi connectivity index (χ3v) is 1.81. The highest BCUT2D eigenvalue weighted by Crippen LogP contribution is 2.11. The number of halogens is 2. The number of aliphatic hydroxyl groups excluding tert-OH is 1. The van der Waals surface area contributed by atoms with E-state index >= 15 is 0 Å². The number of nitrogens with one attached hydrogen (secondary N) is 1. The van der Waals surface area contributed by atoms with Gasteiger partial charge in [-0.1, -0.05) is 0 Å². The largest absolute Gasteiger partial charge is 0.385 e. The number of hydrogen-bond acceptors (Lipinski definition) is 3. The number of alkyl halides is 2. The molecule has 0 radical (unpaired) electrons. The summed E-state index contributed by atoms with van der Waals surface area (Å²) in [6.07, 6.45) is -2.05. The van der Waals surface area contributed by atoms with Crippen molar-refractivity contribution in [2.24, 2.45) is 0 Å². The van der Waals surface area contributed by atoms with Crippen LogP contribution in [0.2, 0.25) is 0 Å². The van der Waals surface area contributed by atoms with E-state index in [1.54, 1.807) is 0 Å². The minimum Gasteiger partial charge on any atom is -0.385 e. The Morgan fingerprint density at radius 3 is 2.69 bits per heavy atom. The van der Waals surface area contributed by atoms with Crippen LogP contribution in [0.5, 0.6) is 0 Å². The summed E-state index contributed by atoms with van der Waals surface area (Å²) in [6.45, 7) is -0.212. The highest BCUT2D eigenvalue weighted by Gasteiger charge is 2.18. The SMILES string of the molecule is O=C1C=C(NCC(O)C(F)F)CC1. The van der Waals surface area contributed by atoms with Gasteiger partial charge in [0.2, 0.25) is 0 Å². The lowest BCUT2D eigenvalue weighted by atomic mass is 10.3. The highest BCUT2D eigenvalue weighted by atomic mass is 19.3. The Morgan fingerprint density at radius 1 is 1.54 bits per heavy atom. The van der Waals surface area contributed by atoms with Gasteiger partial charge in [0.05, 0.1) is 0 Å². The van der Waals surface area contributed by atoms with Crippen molar-refractivity contribution in [2.45, 2.75) is 25.4 Å². The quantitative estimate of drug-likeness (QED) is 0.678. The molecule has 0 aromatic heterocycles. The van der Waals surface area contributed by atoms with E-state index in [4.69, 9.17) is 5.11 Å². The van der Waals surface area contributed by atoms with Crippen molar-refractivity contribution >= 4 is 5.78 Å². The molecule has 5 heteroatoms. The number of hydrogen-bond donors (Lipinski definition) is 2. The third-order valence-electron chi connectivity index (χ3n) is 1.81. The van der Waals surface area contributed by atoms with E-state index in [1.807, 2.05) is 0 Å². The fourth-order valence-corrected chi connectivity index (χ4v) is 1.06. The number of rotatable bonds is 4. The van der Waals surface area contributed by atoms with Crippen molar-refractivity contribution in [1.82, 2.24) is 5.32 Å². The molecule has 1 unspecified atom stereocenters. The Labute approximate surface area is 74.4 Å². The van der Waals surface area contributed by atoms with Crippen molar-refractivity contribution in [3.05, 3.63) is 11.8 Å². The molecule has 0 heterocycles. The molecule has 1 aliphatic carbocycles. The molecule has 0 saturated heterocycles. The summed E-state index contributed by atoms with van der Waals surface area (Å²) in [4.78, 5) is 10.7. The summed E-state index contributed by atoms with van der Waals surface area (Å²) in [5.41, 5.74) is 0.629. The Bertz CT molecular complexity index is 228. The van der Waals surface area contributed by atoms with Crippen molar-refractivity contribution in [3.8, 4) is 0 Å². The second kappa shape index (κ2) is 4.32. The summed E-state index contributed by atoms with van der Waals surface area (Å²) in [5, 5.41) is 11.3. The van der Waals surface area contributed by atoms with Gasteiger partial charge in [0.25, 0.3) is 6.43 Å². The zero-order chi connectivity index (χ0) is 9.84. The zero-order valence-electron chi connectivity index (χ0n) is 6.96. The van der Waals surface area contributed by atoms with Gasteiger partial charge < -0.3 is 10.4 Å². The molecule has 0 aliphatic heterocycles. The zero-order valence-corrected chi connectivity index (χ0v) is 6.96. The molecular weight excluding hydrogens is 180 g/mol. The molecule has 1 rings (SSSR count). The summed E-state index contributed by atoms with van der Waals surface area (Å²) < 4.78 is 23.6. The Hall–Kier alpha value is -0.970. The maximum Gasteiger partial charge on any atom is 0.265 e. The Kier molecular flexibility index (Phi) is 3.36. The fraction of sp³-hybridized carbons (Fsp3) is 0.625. The van der Waals surface area contributed by atoms with Gasteiger partial charge in [0.1, 0.15) is 6.10 Å². The van der Waals surface area contributed by atoms with E-state index in [2.05, 4.69) is 5.32 Å². The molecule has 0 aromatic rings. The van der Waals surface area contributed by atoms with Crippen LogP contribution in [0.4, 0.5) is 8.78 Å². The molecule has 13 heavy (non-hydrogen) atoms. The van der Waals surface area contributed by atoms with Gasteiger partial charge in [-0.2, -0.15) is 0 Å².